The van der Waals surface area contributed by atoms with E-state index in [0.717, 1.165) is 25.9 Å². The van der Waals surface area contributed by atoms with Crippen molar-refractivity contribution in [2.75, 3.05) is 13.1 Å². The number of aliphatic carboxylic acids is 1. The second-order valence-corrected chi connectivity index (χ2v) is 4.50. The molecule has 1 aliphatic rings. The van der Waals surface area contributed by atoms with Crippen molar-refractivity contribution in [2.24, 2.45) is 5.92 Å². The number of carboxylic acid groups (broad SMARTS) is 1. The van der Waals surface area contributed by atoms with Gasteiger partial charge in [-0.2, -0.15) is 0 Å². The topological polar surface area (TPSA) is 40.5 Å². The standard InChI is InChI=1S/C10H19NO2/c1-4-5-11-7-8(9(12)13)6-10(11,2)3/h8H,4-7H2,1-3H3,(H,12,13). The second kappa shape index (κ2) is 3.66. The Morgan fingerprint density at radius 2 is 2.23 bits per heavy atom. The number of hydrogen-bond donors (Lipinski definition) is 1. The zero-order valence-corrected chi connectivity index (χ0v) is 8.71. The van der Waals surface area contributed by atoms with Gasteiger partial charge in [-0.05, 0) is 33.2 Å². The van der Waals surface area contributed by atoms with E-state index in [9.17, 15) is 4.79 Å². The molecule has 1 heterocycles. The molecule has 1 fully saturated rings. The number of carboxylic acids is 1. The Bertz CT molecular complexity index is 201. The van der Waals surface area contributed by atoms with Crippen LogP contribution in [0, 0.1) is 5.92 Å². The van der Waals surface area contributed by atoms with E-state index in [0.29, 0.717) is 0 Å². The van der Waals surface area contributed by atoms with Crippen LogP contribution in [0.2, 0.25) is 0 Å². The van der Waals surface area contributed by atoms with E-state index in [1.54, 1.807) is 0 Å². The molecule has 0 aromatic heterocycles. The molecule has 0 radical (unpaired) electrons. The Hall–Kier alpha value is -0.570. The Morgan fingerprint density at radius 3 is 2.62 bits per heavy atom. The van der Waals surface area contributed by atoms with E-state index in [2.05, 4.69) is 25.7 Å². The van der Waals surface area contributed by atoms with E-state index in [1.807, 2.05) is 0 Å². The summed E-state index contributed by atoms with van der Waals surface area (Å²) in [5.74, 6) is -0.812. The Morgan fingerprint density at radius 1 is 1.62 bits per heavy atom. The first-order chi connectivity index (χ1) is 5.97. The SMILES string of the molecule is CCCN1CC(C(=O)O)CC1(C)C. The van der Waals surface area contributed by atoms with Gasteiger partial charge in [0.05, 0.1) is 5.92 Å². The van der Waals surface area contributed by atoms with Crippen molar-refractivity contribution in [3.63, 3.8) is 0 Å². The third kappa shape index (κ3) is 2.21. The van der Waals surface area contributed by atoms with E-state index in [1.165, 1.54) is 0 Å². The highest BCUT2D eigenvalue weighted by atomic mass is 16.4. The zero-order valence-electron chi connectivity index (χ0n) is 8.71. The minimum absolute atomic E-state index is 0.0685. The monoisotopic (exact) mass is 185 g/mol. The minimum Gasteiger partial charge on any atom is -0.481 e. The quantitative estimate of drug-likeness (QED) is 0.725. The summed E-state index contributed by atoms with van der Waals surface area (Å²) in [7, 11) is 0. The lowest BCUT2D eigenvalue weighted by molar-refractivity contribution is -0.141. The number of nitrogens with zero attached hydrogens (tertiary/aromatic N) is 1. The van der Waals surface area contributed by atoms with Crippen LogP contribution < -0.4 is 0 Å². The van der Waals surface area contributed by atoms with Crippen LogP contribution in [-0.4, -0.2) is 34.6 Å². The van der Waals surface area contributed by atoms with Crippen molar-refractivity contribution in [2.45, 2.75) is 39.2 Å². The summed E-state index contributed by atoms with van der Waals surface area (Å²) in [6.07, 6.45) is 1.87. The van der Waals surface area contributed by atoms with Crippen LogP contribution in [0.5, 0.6) is 0 Å². The van der Waals surface area contributed by atoms with Crippen LogP contribution in [0.4, 0.5) is 0 Å². The number of hydrogen-bond acceptors (Lipinski definition) is 2. The maximum Gasteiger partial charge on any atom is 0.307 e. The van der Waals surface area contributed by atoms with E-state index >= 15 is 0 Å². The molecule has 0 amide bonds. The normalized spacial score (nSPS) is 27.8. The fourth-order valence-corrected chi connectivity index (χ4v) is 2.14. The molecule has 1 atom stereocenters. The fraction of sp³-hybridized carbons (Fsp3) is 0.900. The maximum atomic E-state index is 10.8. The summed E-state index contributed by atoms with van der Waals surface area (Å²) < 4.78 is 0. The summed E-state index contributed by atoms with van der Waals surface area (Å²) >= 11 is 0. The molecule has 0 aromatic rings. The molecular weight excluding hydrogens is 166 g/mol. The first-order valence-corrected chi connectivity index (χ1v) is 4.95. The van der Waals surface area contributed by atoms with Gasteiger partial charge in [0.25, 0.3) is 0 Å². The second-order valence-electron chi connectivity index (χ2n) is 4.50. The molecule has 0 spiro atoms. The van der Waals surface area contributed by atoms with Crippen molar-refractivity contribution < 1.29 is 9.90 Å². The zero-order chi connectivity index (χ0) is 10.1. The summed E-state index contributed by atoms with van der Waals surface area (Å²) in [5, 5.41) is 8.90. The van der Waals surface area contributed by atoms with Crippen LogP contribution >= 0.6 is 0 Å². The van der Waals surface area contributed by atoms with Gasteiger partial charge in [-0.15, -0.1) is 0 Å². The molecule has 1 aliphatic heterocycles. The van der Waals surface area contributed by atoms with Crippen molar-refractivity contribution in [3.05, 3.63) is 0 Å². The highest BCUT2D eigenvalue weighted by Gasteiger charge is 2.40. The highest BCUT2D eigenvalue weighted by Crippen LogP contribution is 2.32. The Labute approximate surface area is 79.7 Å². The van der Waals surface area contributed by atoms with Crippen LogP contribution in [0.1, 0.15) is 33.6 Å². The molecule has 1 rings (SSSR count). The van der Waals surface area contributed by atoms with Gasteiger partial charge < -0.3 is 5.11 Å². The molecule has 76 valence electrons. The van der Waals surface area contributed by atoms with Crippen molar-refractivity contribution in [1.82, 2.24) is 4.90 Å². The first-order valence-electron chi connectivity index (χ1n) is 4.95. The molecular formula is C10H19NO2. The largest absolute Gasteiger partial charge is 0.481 e. The van der Waals surface area contributed by atoms with Gasteiger partial charge in [-0.3, -0.25) is 9.69 Å². The summed E-state index contributed by atoms with van der Waals surface area (Å²) in [5.41, 5.74) is 0.0685. The third-order valence-electron chi connectivity index (χ3n) is 2.89. The molecule has 13 heavy (non-hydrogen) atoms. The van der Waals surface area contributed by atoms with Gasteiger partial charge in [0.15, 0.2) is 0 Å². The molecule has 3 nitrogen and oxygen atoms in total. The van der Waals surface area contributed by atoms with Gasteiger partial charge in [0, 0.05) is 12.1 Å². The predicted octanol–water partition coefficient (Wildman–Crippen LogP) is 1.58. The van der Waals surface area contributed by atoms with Gasteiger partial charge in [0.1, 0.15) is 0 Å². The molecule has 0 aromatic carbocycles. The first kappa shape index (κ1) is 10.5. The van der Waals surface area contributed by atoms with Crippen LogP contribution in [0.15, 0.2) is 0 Å². The lowest BCUT2D eigenvalue weighted by Gasteiger charge is -2.30. The van der Waals surface area contributed by atoms with Crippen molar-refractivity contribution >= 4 is 5.97 Å². The third-order valence-corrected chi connectivity index (χ3v) is 2.89. The fourth-order valence-electron chi connectivity index (χ4n) is 2.14. The summed E-state index contributed by atoms with van der Waals surface area (Å²) in [4.78, 5) is 13.1. The van der Waals surface area contributed by atoms with Crippen molar-refractivity contribution in [3.8, 4) is 0 Å². The van der Waals surface area contributed by atoms with Gasteiger partial charge in [-0.25, -0.2) is 0 Å². The van der Waals surface area contributed by atoms with E-state index in [-0.39, 0.29) is 11.5 Å². The maximum absolute atomic E-state index is 10.8. The molecule has 0 aliphatic carbocycles. The van der Waals surface area contributed by atoms with Gasteiger partial charge in [-0.1, -0.05) is 6.92 Å². The molecule has 1 unspecified atom stereocenters. The average Bonchev–Trinajstić information content (AvgIpc) is 2.28. The Kier molecular flexibility index (Phi) is 2.96. The molecule has 3 heteroatoms. The molecule has 0 saturated carbocycles. The summed E-state index contributed by atoms with van der Waals surface area (Å²) in [6, 6.07) is 0. The van der Waals surface area contributed by atoms with E-state index < -0.39 is 5.97 Å². The van der Waals surface area contributed by atoms with E-state index in [4.69, 9.17) is 5.11 Å². The molecule has 1 saturated heterocycles. The molecule has 0 bridgehead atoms. The number of rotatable bonds is 3. The van der Waals surface area contributed by atoms with Crippen LogP contribution in [0.3, 0.4) is 0 Å². The molecule has 1 N–H and O–H groups in total. The predicted molar refractivity (Wildman–Crippen MR) is 51.7 cm³/mol. The van der Waals surface area contributed by atoms with Gasteiger partial charge >= 0.3 is 5.97 Å². The average molecular weight is 185 g/mol. The van der Waals surface area contributed by atoms with Crippen LogP contribution in [0.25, 0.3) is 0 Å². The number of likely N-dealkylation sites (tertiary alicyclic amines) is 1. The van der Waals surface area contributed by atoms with Crippen LogP contribution in [-0.2, 0) is 4.79 Å². The lowest BCUT2D eigenvalue weighted by Crippen LogP contribution is -2.38. The smallest absolute Gasteiger partial charge is 0.307 e. The lowest BCUT2D eigenvalue weighted by atomic mass is 9.96. The van der Waals surface area contributed by atoms with Crippen molar-refractivity contribution in [1.29, 1.82) is 0 Å². The highest BCUT2D eigenvalue weighted by molar-refractivity contribution is 5.70. The Balaban J connectivity index is 2.62. The van der Waals surface area contributed by atoms with Gasteiger partial charge in [0.2, 0.25) is 0 Å². The summed E-state index contributed by atoms with van der Waals surface area (Å²) in [6.45, 7) is 8.12. The number of carbonyl (C=O) groups is 1. The minimum atomic E-state index is -0.647.